The smallest absolute Gasteiger partial charge is 0.328 e. The first-order chi connectivity index (χ1) is 12.2. The fourth-order valence-electron chi connectivity index (χ4n) is 2.55. The minimum Gasteiger partial charge on any atom is -0.459 e. The highest BCUT2D eigenvalue weighted by atomic mass is 35.5. The van der Waals surface area contributed by atoms with Crippen LogP contribution < -0.4 is 5.73 Å². The van der Waals surface area contributed by atoms with Crippen molar-refractivity contribution in [3.8, 4) is 11.1 Å². The predicted octanol–water partition coefficient (Wildman–Crippen LogP) is 3.22. The van der Waals surface area contributed by atoms with Gasteiger partial charge in [0.25, 0.3) is 0 Å². The van der Waals surface area contributed by atoms with Gasteiger partial charge in [0.1, 0.15) is 13.2 Å². The number of esters is 1. The third-order valence-corrected chi connectivity index (χ3v) is 3.89. The summed E-state index contributed by atoms with van der Waals surface area (Å²) in [6.45, 7) is 1.01. The number of rotatable bonds is 7. The van der Waals surface area contributed by atoms with Gasteiger partial charge >= 0.3 is 5.97 Å². The zero-order valence-electron chi connectivity index (χ0n) is 14.4. The predicted molar refractivity (Wildman–Crippen MR) is 104 cm³/mol. The van der Waals surface area contributed by atoms with Gasteiger partial charge in [-0.15, -0.1) is 12.4 Å². The third-order valence-electron chi connectivity index (χ3n) is 3.89. The molecular formula is C20H22ClN3O2. The molecule has 6 heteroatoms. The van der Waals surface area contributed by atoms with E-state index in [1.54, 1.807) is 10.9 Å². The second-order valence-corrected chi connectivity index (χ2v) is 5.81. The lowest BCUT2D eigenvalue weighted by atomic mass is 10.1. The number of benzene rings is 2. The summed E-state index contributed by atoms with van der Waals surface area (Å²) < 4.78 is 6.87. The first kappa shape index (κ1) is 19.7. The maximum atomic E-state index is 12.0. The summed E-state index contributed by atoms with van der Waals surface area (Å²) >= 11 is 0. The molecule has 0 radical (unpaired) electrons. The molecule has 136 valence electrons. The Morgan fingerprint density at radius 3 is 2.42 bits per heavy atom. The van der Waals surface area contributed by atoms with Crippen molar-refractivity contribution in [2.24, 2.45) is 5.73 Å². The minimum absolute atomic E-state index is 0. The normalized spacial score (nSPS) is 10.2. The fraction of sp³-hybridized carbons (Fsp3) is 0.200. The minimum atomic E-state index is -0.309. The number of hydrogen-bond acceptors (Lipinski definition) is 4. The van der Waals surface area contributed by atoms with Crippen molar-refractivity contribution in [2.75, 3.05) is 6.54 Å². The third kappa shape index (κ3) is 5.44. The van der Waals surface area contributed by atoms with Crippen LogP contribution in [0.25, 0.3) is 11.1 Å². The molecule has 0 aliphatic rings. The van der Waals surface area contributed by atoms with E-state index in [4.69, 9.17) is 10.5 Å². The summed E-state index contributed by atoms with van der Waals surface area (Å²) in [5, 5.41) is 4.24. The van der Waals surface area contributed by atoms with Gasteiger partial charge in [-0.2, -0.15) is 5.10 Å². The molecular weight excluding hydrogens is 350 g/mol. The highest BCUT2D eigenvalue weighted by molar-refractivity contribution is 5.85. The molecule has 0 aliphatic carbocycles. The van der Waals surface area contributed by atoms with E-state index in [0.29, 0.717) is 6.54 Å². The summed E-state index contributed by atoms with van der Waals surface area (Å²) in [6.07, 6.45) is 4.47. The first-order valence-corrected chi connectivity index (χ1v) is 8.26. The number of ether oxygens (including phenoxy) is 1. The second-order valence-electron chi connectivity index (χ2n) is 5.81. The Hall–Kier alpha value is -2.63. The van der Waals surface area contributed by atoms with E-state index in [-0.39, 0.29) is 31.5 Å². The molecule has 0 bridgehead atoms. The Kier molecular flexibility index (Phi) is 7.38. The van der Waals surface area contributed by atoms with Gasteiger partial charge in [0, 0.05) is 11.8 Å². The number of halogens is 1. The van der Waals surface area contributed by atoms with Crippen LogP contribution in [0.5, 0.6) is 0 Å². The van der Waals surface area contributed by atoms with E-state index in [0.717, 1.165) is 23.1 Å². The summed E-state index contributed by atoms with van der Waals surface area (Å²) in [7, 11) is 0. The topological polar surface area (TPSA) is 70.1 Å². The van der Waals surface area contributed by atoms with E-state index in [1.807, 2.05) is 48.7 Å². The van der Waals surface area contributed by atoms with Gasteiger partial charge in [0.15, 0.2) is 0 Å². The highest BCUT2D eigenvalue weighted by Crippen LogP contribution is 2.19. The lowest BCUT2D eigenvalue weighted by Crippen LogP contribution is -2.13. The van der Waals surface area contributed by atoms with Crippen molar-refractivity contribution in [1.82, 2.24) is 9.78 Å². The number of carbonyl (C=O) groups excluding carboxylic acids is 1. The molecule has 0 unspecified atom stereocenters. The Morgan fingerprint density at radius 1 is 1.00 bits per heavy atom. The molecule has 1 aromatic heterocycles. The number of hydrogen-bond donors (Lipinski definition) is 1. The largest absolute Gasteiger partial charge is 0.459 e. The summed E-state index contributed by atoms with van der Waals surface area (Å²) in [5.41, 5.74) is 9.77. The van der Waals surface area contributed by atoms with Crippen LogP contribution in [0.1, 0.15) is 11.1 Å². The Balaban J connectivity index is 0.00000243. The molecule has 3 rings (SSSR count). The quantitative estimate of drug-likeness (QED) is 0.647. The van der Waals surface area contributed by atoms with Crippen molar-refractivity contribution in [1.29, 1.82) is 0 Å². The van der Waals surface area contributed by atoms with Gasteiger partial charge in [-0.05, 0) is 29.7 Å². The fourth-order valence-corrected chi connectivity index (χ4v) is 2.55. The SMILES string of the molecule is Cl.NCCc1ccc(-c2cnn(CC(=O)OCc3ccccc3)c2)cc1. The summed E-state index contributed by atoms with van der Waals surface area (Å²) in [5.74, 6) is -0.309. The van der Waals surface area contributed by atoms with Crippen LogP contribution in [0.3, 0.4) is 0 Å². The molecule has 1 heterocycles. The van der Waals surface area contributed by atoms with Gasteiger partial charge < -0.3 is 10.5 Å². The number of aromatic nitrogens is 2. The van der Waals surface area contributed by atoms with E-state index < -0.39 is 0 Å². The molecule has 2 aromatic carbocycles. The van der Waals surface area contributed by atoms with Crippen LogP contribution >= 0.6 is 12.4 Å². The van der Waals surface area contributed by atoms with Crippen molar-refractivity contribution in [2.45, 2.75) is 19.6 Å². The summed E-state index contributed by atoms with van der Waals surface area (Å²) in [4.78, 5) is 12.0. The number of carbonyl (C=O) groups is 1. The lowest BCUT2D eigenvalue weighted by Gasteiger charge is -2.05. The van der Waals surface area contributed by atoms with Crippen LogP contribution in [-0.2, 0) is 29.1 Å². The monoisotopic (exact) mass is 371 g/mol. The van der Waals surface area contributed by atoms with Gasteiger partial charge in [0.2, 0.25) is 0 Å². The molecule has 0 atom stereocenters. The molecule has 0 fully saturated rings. The van der Waals surface area contributed by atoms with Crippen LogP contribution in [0.2, 0.25) is 0 Å². The average molecular weight is 372 g/mol. The maximum Gasteiger partial charge on any atom is 0.328 e. The first-order valence-electron chi connectivity index (χ1n) is 8.26. The van der Waals surface area contributed by atoms with Gasteiger partial charge in [0.05, 0.1) is 6.20 Å². The van der Waals surface area contributed by atoms with Gasteiger partial charge in [-0.3, -0.25) is 9.48 Å². The Bertz CT molecular complexity index is 817. The Morgan fingerprint density at radius 2 is 1.73 bits per heavy atom. The molecule has 0 spiro atoms. The number of nitrogens with two attached hydrogens (primary N) is 1. The zero-order valence-corrected chi connectivity index (χ0v) is 15.2. The van der Waals surface area contributed by atoms with E-state index >= 15 is 0 Å². The average Bonchev–Trinajstić information content (AvgIpc) is 3.10. The molecule has 0 saturated carbocycles. The van der Waals surface area contributed by atoms with Crippen molar-refractivity contribution in [3.05, 3.63) is 78.1 Å². The van der Waals surface area contributed by atoms with Crippen LogP contribution in [0, 0.1) is 0 Å². The zero-order chi connectivity index (χ0) is 17.5. The second kappa shape index (κ2) is 9.75. The van der Waals surface area contributed by atoms with Gasteiger partial charge in [-0.25, -0.2) is 0 Å². The van der Waals surface area contributed by atoms with Gasteiger partial charge in [-0.1, -0.05) is 54.6 Å². The Labute approximate surface area is 159 Å². The van der Waals surface area contributed by atoms with Crippen LogP contribution in [-0.4, -0.2) is 22.3 Å². The molecule has 0 saturated heterocycles. The molecule has 0 aliphatic heterocycles. The lowest BCUT2D eigenvalue weighted by molar-refractivity contribution is -0.145. The summed E-state index contributed by atoms with van der Waals surface area (Å²) in [6, 6.07) is 17.8. The maximum absolute atomic E-state index is 12.0. The van der Waals surface area contributed by atoms with E-state index in [2.05, 4.69) is 17.2 Å². The highest BCUT2D eigenvalue weighted by Gasteiger charge is 2.08. The molecule has 3 aromatic rings. The molecule has 2 N–H and O–H groups in total. The molecule has 26 heavy (non-hydrogen) atoms. The van der Waals surface area contributed by atoms with Crippen molar-refractivity contribution < 1.29 is 9.53 Å². The standard InChI is InChI=1S/C20H21N3O2.ClH/c21-11-10-16-6-8-18(9-7-16)19-12-22-23(13-19)14-20(24)25-15-17-4-2-1-3-5-17;/h1-9,12-13H,10-11,14-15,21H2;1H. The molecule has 5 nitrogen and oxygen atoms in total. The van der Waals surface area contributed by atoms with Crippen LogP contribution in [0.4, 0.5) is 0 Å². The number of nitrogens with zero attached hydrogens (tertiary/aromatic N) is 2. The van der Waals surface area contributed by atoms with Crippen molar-refractivity contribution in [3.63, 3.8) is 0 Å². The van der Waals surface area contributed by atoms with Crippen molar-refractivity contribution >= 4 is 18.4 Å². The van der Waals surface area contributed by atoms with E-state index in [1.165, 1.54) is 5.56 Å². The van der Waals surface area contributed by atoms with E-state index in [9.17, 15) is 4.79 Å². The van der Waals surface area contributed by atoms with Crippen LogP contribution in [0.15, 0.2) is 67.0 Å². The molecule has 0 amide bonds.